The van der Waals surface area contributed by atoms with Crippen molar-refractivity contribution in [1.29, 1.82) is 0 Å². The number of Topliss-reactive ketones (excluding diaryl/α,β-unsaturated/α-hetero) is 1. The van der Waals surface area contributed by atoms with Crippen molar-refractivity contribution in [3.05, 3.63) is 33.9 Å². The highest BCUT2D eigenvalue weighted by atomic mass is 16.5. The maximum absolute atomic E-state index is 10.8. The van der Waals surface area contributed by atoms with Gasteiger partial charge in [-0.05, 0) is 27.7 Å². The Hall–Kier alpha value is -1.42. The molecule has 1 saturated heterocycles. The lowest BCUT2D eigenvalue weighted by atomic mass is 10.1. The number of aryl methyl sites for hydroxylation is 2. The molecular weight excluding hydrogens is 232 g/mol. The summed E-state index contributed by atoms with van der Waals surface area (Å²) in [5.41, 5.74) is 0.0104. The monoisotopic (exact) mass is 252 g/mol. The first kappa shape index (κ1) is 14.6. The van der Waals surface area contributed by atoms with E-state index in [4.69, 9.17) is 9.15 Å². The summed E-state index contributed by atoms with van der Waals surface area (Å²) in [4.78, 5) is 21.5. The van der Waals surface area contributed by atoms with Gasteiger partial charge < -0.3 is 9.15 Å². The van der Waals surface area contributed by atoms with Crippen molar-refractivity contribution in [1.82, 2.24) is 0 Å². The van der Waals surface area contributed by atoms with Crippen molar-refractivity contribution < 1.29 is 13.9 Å². The molecule has 2 heterocycles. The van der Waals surface area contributed by atoms with Gasteiger partial charge in [0.2, 0.25) is 0 Å². The van der Waals surface area contributed by atoms with Crippen molar-refractivity contribution in [2.45, 2.75) is 52.7 Å². The summed E-state index contributed by atoms with van der Waals surface area (Å²) in [5.74, 6) is 1.67. The second kappa shape index (κ2) is 6.50. The van der Waals surface area contributed by atoms with E-state index in [1.54, 1.807) is 13.8 Å². The highest BCUT2D eigenvalue weighted by Gasteiger charge is 2.20. The average Bonchev–Trinajstić information content (AvgIpc) is 2.12. The normalized spacial score (nSPS) is 23.2. The van der Waals surface area contributed by atoms with Crippen molar-refractivity contribution >= 4 is 5.78 Å². The molecule has 2 rings (SSSR count). The Labute approximate surface area is 107 Å². The molecule has 2 unspecified atom stereocenters. The standard InChI is InChI=1S/C7H12O2.C7H8O2/c2*1-5-3-7(8)4-6(2)9-5/h5-6H,3-4H2,1-2H3;3-4H,1-2H3. The van der Waals surface area contributed by atoms with E-state index in [1.165, 1.54) is 12.1 Å². The fourth-order valence-electron chi connectivity index (χ4n) is 1.97. The predicted octanol–water partition coefficient (Wildman–Crippen LogP) is 2.40. The molecule has 0 bridgehead atoms. The van der Waals surface area contributed by atoms with Gasteiger partial charge in [0.15, 0.2) is 5.43 Å². The molecule has 0 spiro atoms. The molecule has 0 saturated carbocycles. The highest BCUT2D eigenvalue weighted by molar-refractivity contribution is 5.79. The van der Waals surface area contributed by atoms with Crippen molar-refractivity contribution in [2.75, 3.05) is 0 Å². The fourth-order valence-corrected chi connectivity index (χ4v) is 1.97. The van der Waals surface area contributed by atoms with Crippen molar-refractivity contribution in [3.63, 3.8) is 0 Å². The highest BCUT2D eigenvalue weighted by Crippen LogP contribution is 2.14. The van der Waals surface area contributed by atoms with Crippen LogP contribution in [0.1, 0.15) is 38.2 Å². The smallest absolute Gasteiger partial charge is 0.185 e. The second-order valence-electron chi connectivity index (χ2n) is 4.72. The molecule has 2 atom stereocenters. The summed E-state index contributed by atoms with van der Waals surface area (Å²) in [7, 11) is 0. The molecule has 1 aromatic rings. The zero-order chi connectivity index (χ0) is 13.7. The zero-order valence-corrected chi connectivity index (χ0v) is 11.4. The summed E-state index contributed by atoms with van der Waals surface area (Å²) < 4.78 is 10.4. The summed E-state index contributed by atoms with van der Waals surface area (Å²) in [5, 5.41) is 0. The first-order valence-corrected chi connectivity index (χ1v) is 6.12. The predicted molar refractivity (Wildman–Crippen MR) is 68.7 cm³/mol. The lowest BCUT2D eigenvalue weighted by Gasteiger charge is -2.23. The van der Waals surface area contributed by atoms with Gasteiger partial charge in [-0.3, -0.25) is 9.59 Å². The van der Waals surface area contributed by atoms with Gasteiger partial charge in [-0.1, -0.05) is 0 Å². The minimum Gasteiger partial charge on any atom is -0.466 e. The molecule has 0 aromatic carbocycles. The average molecular weight is 252 g/mol. The third-order valence-corrected chi connectivity index (χ3v) is 2.51. The lowest BCUT2D eigenvalue weighted by molar-refractivity contribution is -0.132. The van der Waals surface area contributed by atoms with Crippen molar-refractivity contribution in [3.8, 4) is 0 Å². The Morgan fingerprint density at radius 2 is 1.44 bits per heavy atom. The van der Waals surface area contributed by atoms with Crippen LogP contribution in [0.2, 0.25) is 0 Å². The molecule has 100 valence electrons. The van der Waals surface area contributed by atoms with Gasteiger partial charge in [-0.15, -0.1) is 0 Å². The Bertz CT molecular complexity index is 426. The van der Waals surface area contributed by atoms with E-state index < -0.39 is 0 Å². The topological polar surface area (TPSA) is 56.5 Å². The summed E-state index contributed by atoms with van der Waals surface area (Å²) in [6, 6.07) is 2.93. The number of rotatable bonds is 0. The molecule has 4 nitrogen and oxygen atoms in total. The molecule has 0 amide bonds. The van der Waals surface area contributed by atoms with E-state index in [0.717, 1.165) is 0 Å². The summed E-state index contributed by atoms with van der Waals surface area (Å²) in [6.45, 7) is 7.39. The van der Waals surface area contributed by atoms with Crippen LogP contribution >= 0.6 is 0 Å². The molecule has 1 aliphatic rings. The van der Waals surface area contributed by atoms with E-state index >= 15 is 0 Å². The van der Waals surface area contributed by atoms with Crippen LogP contribution in [0.15, 0.2) is 21.3 Å². The first-order chi connectivity index (χ1) is 8.36. The second-order valence-corrected chi connectivity index (χ2v) is 4.72. The Balaban J connectivity index is 0.000000180. The van der Waals surface area contributed by atoms with Gasteiger partial charge in [0.1, 0.15) is 17.3 Å². The maximum Gasteiger partial charge on any atom is 0.185 e. The SMILES string of the molecule is CC1CC(=O)CC(C)O1.Cc1cc(=O)cc(C)o1. The third-order valence-electron chi connectivity index (χ3n) is 2.51. The van der Waals surface area contributed by atoms with Gasteiger partial charge in [-0.25, -0.2) is 0 Å². The number of hydrogen-bond acceptors (Lipinski definition) is 4. The van der Waals surface area contributed by atoms with E-state index in [1.807, 2.05) is 13.8 Å². The molecule has 0 aliphatic carbocycles. The summed E-state index contributed by atoms with van der Waals surface area (Å²) >= 11 is 0. The van der Waals surface area contributed by atoms with Gasteiger partial charge in [0.25, 0.3) is 0 Å². The molecule has 0 N–H and O–H groups in total. The van der Waals surface area contributed by atoms with Crippen LogP contribution in [0.5, 0.6) is 0 Å². The van der Waals surface area contributed by atoms with E-state index in [2.05, 4.69) is 0 Å². The van der Waals surface area contributed by atoms with Crippen molar-refractivity contribution in [2.24, 2.45) is 0 Å². The number of hydrogen-bond donors (Lipinski definition) is 0. The number of ketones is 1. The van der Waals surface area contributed by atoms with Gasteiger partial charge in [0, 0.05) is 25.0 Å². The quantitative estimate of drug-likeness (QED) is 0.711. The van der Waals surface area contributed by atoms with Crippen LogP contribution in [-0.2, 0) is 9.53 Å². The Kier molecular flexibility index (Phi) is 5.28. The van der Waals surface area contributed by atoms with Crippen LogP contribution in [-0.4, -0.2) is 18.0 Å². The largest absolute Gasteiger partial charge is 0.466 e. The first-order valence-electron chi connectivity index (χ1n) is 6.12. The number of ether oxygens (including phenoxy) is 1. The van der Waals surface area contributed by atoms with E-state index in [-0.39, 0.29) is 17.6 Å². The fraction of sp³-hybridized carbons (Fsp3) is 0.571. The van der Waals surface area contributed by atoms with Gasteiger partial charge in [0.05, 0.1) is 12.2 Å². The Morgan fingerprint density at radius 3 is 1.78 bits per heavy atom. The minimum absolute atomic E-state index is 0.0104. The van der Waals surface area contributed by atoms with Crippen LogP contribution < -0.4 is 5.43 Å². The lowest BCUT2D eigenvalue weighted by Crippen LogP contribution is -2.28. The number of carbonyl (C=O) groups excluding carboxylic acids is 1. The molecule has 18 heavy (non-hydrogen) atoms. The van der Waals surface area contributed by atoms with Crippen LogP contribution in [0.4, 0.5) is 0 Å². The third kappa shape index (κ3) is 5.27. The molecule has 1 aliphatic heterocycles. The van der Waals surface area contributed by atoms with Crippen LogP contribution in [0.25, 0.3) is 0 Å². The minimum atomic E-state index is 0.0104. The van der Waals surface area contributed by atoms with Gasteiger partial charge >= 0.3 is 0 Å². The molecule has 1 aromatic heterocycles. The molecule has 1 fully saturated rings. The summed E-state index contributed by atoms with van der Waals surface area (Å²) in [6.07, 6.45) is 1.48. The van der Waals surface area contributed by atoms with E-state index in [0.29, 0.717) is 30.1 Å². The molecular formula is C14H20O4. The van der Waals surface area contributed by atoms with Gasteiger partial charge in [-0.2, -0.15) is 0 Å². The molecule has 0 radical (unpaired) electrons. The maximum atomic E-state index is 10.8. The Morgan fingerprint density at radius 1 is 1.00 bits per heavy atom. The van der Waals surface area contributed by atoms with E-state index in [9.17, 15) is 9.59 Å². The van der Waals surface area contributed by atoms with Crippen LogP contribution in [0, 0.1) is 13.8 Å². The zero-order valence-electron chi connectivity index (χ0n) is 11.4. The molecule has 4 heteroatoms. The number of carbonyl (C=O) groups is 1. The van der Waals surface area contributed by atoms with Crippen LogP contribution in [0.3, 0.4) is 0 Å².